The number of carboxylic acids is 1. The Balaban J connectivity index is 1.69. The molecule has 0 aliphatic rings. The summed E-state index contributed by atoms with van der Waals surface area (Å²) >= 11 is 0. The summed E-state index contributed by atoms with van der Waals surface area (Å²) in [4.78, 5) is 23.3. The second kappa shape index (κ2) is 7.22. The molecule has 0 spiro atoms. The Morgan fingerprint density at radius 1 is 1.19 bits per heavy atom. The molecule has 1 atom stereocenters. The molecule has 2 heterocycles. The van der Waals surface area contributed by atoms with Gasteiger partial charge in [0.25, 0.3) is 0 Å². The number of benzene rings is 1. The van der Waals surface area contributed by atoms with E-state index in [1.165, 1.54) is 16.9 Å². The van der Waals surface area contributed by atoms with Crippen LogP contribution in [0.5, 0.6) is 0 Å². The summed E-state index contributed by atoms with van der Waals surface area (Å²) in [6, 6.07) is 12.4. The van der Waals surface area contributed by atoms with Crippen molar-refractivity contribution in [3.05, 3.63) is 65.6 Å². The lowest BCUT2D eigenvalue weighted by Crippen LogP contribution is -2.24. The Labute approximate surface area is 150 Å². The van der Waals surface area contributed by atoms with Crippen molar-refractivity contribution in [2.24, 2.45) is 0 Å². The van der Waals surface area contributed by atoms with Crippen molar-refractivity contribution in [2.75, 3.05) is 5.32 Å². The summed E-state index contributed by atoms with van der Waals surface area (Å²) in [5, 5.41) is 20.0. The van der Waals surface area contributed by atoms with E-state index in [0.29, 0.717) is 12.4 Å². The lowest BCUT2D eigenvalue weighted by Gasteiger charge is -2.11. The van der Waals surface area contributed by atoms with E-state index >= 15 is 0 Å². The standard InChI is InChI=1S/C18H19N5O3/c1-12-10-16(21-23(12)11-14-6-4-3-5-7-14)19-17(24)13(2)22-9-8-15(20-22)18(25)26/h3-10,13H,11H2,1-2H3,(H,25,26)(H,19,21,24). The van der Waals surface area contributed by atoms with Crippen molar-refractivity contribution in [1.29, 1.82) is 0 Å². The SMILES string of the molecule is Cc1cc(NC(=O)C(C)n2ccc(C(=O)O)n2)nn1Cc1ccccc1. The van der Waals surface area contributed by atoms with Gasteiger partial charge in [0, 0.05) is 18.0 Å². The van der Waals surface area contributed by atoms with Gasteiger partial charge in [-0.1, -0.05) is 30.3 Å². The molecule has 3 aromatic rings. The number of amides is 1. The van der Waals surface area contributed by atoms with Crippen LogP contribution in [-0.2, 0) is 11.3 Å². The largest absolute Gasteiger partial charge is 0.476 e. The fourth-order valence-electron chi connectivity index (χ4n) is 2.51. The third-order valence-electron chi connectivity index (χ3n) is 4.01. The van der Waals surface area contributed by atoms with Crippen LogP contribution in [-0.4, -0.2) is 36.5 Å². The first-order chi connectivity index (χ1) is 12.4. The van der Waals surface area contributed by atoms with Gasteiger partial charge in [-0.05, 0) is 25.5 Å². The normalized spacial score (nSPS) is 11.9. The van der Waals surface area contributed by atoms with Crippen LogP contribution < -0.4 is 5.32 Å². The number of hydrogen-bond acceptors (Lipinski definition) is 4. The van der Waals surface area contributed by atoms with E-state index in [4.69, 9.17) is 5.11 Å². The minimum atomic E-state index is -1.13. The van der Waals surface area contributed by atoms with Gasteiger partial charge >= 0.3 is 5.97 Å². The van der Waals surface area contributed by atoms with Gasteiger partial charge in [-0.15, -0.1) is 0 Å². The molecular formula is C18H19N5O3. The number of anilines is 1. The Hall–Kier alpha value is -3.42. The summed E-state index contributed by atoms with van der Waals surface area (Å²) < 4.78 is 3.12. The number of carboxylic acid groups (broad SMARTS) is 1. The number of nitrogens with one attached hydrogen (secondary N) is 1. The van der Waals surface area contributed by atoms with Crippen LogP contribution in [0.15, 0.2) is 48.7 Å². The zero-order valence-electron chi connectivity index (χ0n) is 14.5. The third kappa shape index (κ3) is 3.80. The van der Waals surface area contributed by atoms with E-state index in [2.05, 4.69) is 15.5 Å². The molecule has 0 saturated heterocycles. The van der Waals surface area contributed by atoms with Gasteiger partial charge in [-0.3, -0.25) is 14.2 Å². The molecule has 3 rings (SSSR count). The first kappa shape index (κ1) is 17.4. The van der Waals surface area contributed by atoms with Crippen LogP contribution in [0.25, 0.3) is 0 Å². The van der Waals surface area contributed by atoms with E-state index in [0.717, 1.165) is 11.3 Å². The van der Waals surface area contributed by atoms with Crippen LogP contribution in [0.2, 0.25) is 0 Å². The average molecular weight is 353 g/mol. The maximum atomic E-state index is 12.4. The van der Waals surface area contributed by atoms with Gasteiger partial charge in [-0.2, -0.15) is 10.2 Å². The number of aromatic nitrogens is 4. The van der Waals surface area contributed by atoms with Crippen molar-refractivity contribution < 1.29 is 14.7 Å². The second-order valence-electron chi connectivity index (χ2n) is 5.97. The minimum Gasteiger partial charge on any atom is -0.476 e. The summed E-state index contributed by atoms with van der Waals surface area (Å²) in [5.74, 6) is -1.01. The topological polar surface area (TPSA) is 102 Å². The molecule has 2 N–H and O–H groups in total. The molecule has 0 bridgehead atoms. The highest BCUT2D eigenvalue weighted by Gasteiger charge is 2.19. The van der Waals surface area contributed by atoms with Gasteiger partial charge in [0.2, 0.25) is 5.91 Å². The van der Waals surface area contributed by atoms with Crippen LogP contribution in [0.3, 0.4) is 0 Å². The van der Waals surface area contributed by atoms with E-state index in [-0.39, 0.29) is 11.6 Å². The fourth-order valence-corrected chi connectivity index (χ4v) is 2.51. The number of nitrogens with zero attached hydrogens (tertiary/aromatic N) is 4. The van der Waals surface area contributed by atoms with Gasteiger partial charge in [0.15, 0.2) is 11.5 Å². The number of rotatable bonds is 6. The molecule has 1 aromatic carbocycles. The van der Waals surface area contributed by atoms with E-state index < -0.39 is 12.0 Å². The maximum absolute atomic E-state index is 12.4. The minimum absolute atomic E-state index is 0.104. The van der Waals surface area contributed by atoms with Crippen molar-refractivity contribution in [3.63, 3.8) is 0 Å². The molecule has 0 aliphatic carbocycles. The summed E-state index contributed by atoms with van der Waals surface area (Å²) in [5.41, 5.74) is 1.93. The Bertz CT molecular complexity index is 929. The summed E-state index contributed by atoms with van der Waals surface area (Å²) in [6.45, 7) is 4.17. The average Bonchev–Trinajstić information content (AvgIpc) is 3.23. The number of aromatic carboxylic acids is 1. The highest BCUT2D eigenvalue weighted by molar-refractivity contribution is 5.92. The molecule has 1 unspecified atom stereocenters. The van der Waals surface area contributed by atoms with Crippen molar-refractivity contribution in [1.82, 2.24) is 19.6 Å². The van der Waals surface area contributed by atoms with Crippen molar-refractivity contribution in [2.45, 2.75) is 26.4 Å². The molecule has 8 heteroatoms. The van der Waals surface area contributed by atoms with E-state index in [1.807, 2.05) is 41.9 Å². The molecule has 0 saturated carbocycles. The van der Waals surface area contributed by atoms with Crippen LogP contribution in [0, 0.1) is 6.92 Å². The monoisotopic (exact) mass is 353 g/mol. The van der Waals surface area contributed by atoms with Crippen molar-refractivity contribution >= 4 is 17.7 Å². The molecule has 2 aromatic heterocycles. The molecule has 0 aliphatic heterocycles. The number of aryl methyl sites for hydroxylation is 1. The summed E-state index contributed by atoms with van der Waals surface area (Å²) in [7, 11) is 0. The molecule has 1 amide bonds. The third-order valence-corrected chi connectivity index (χ3v) is 4.01. The van der Waals surface area contributed by atoms with E-state index in [1.54, 1.807) is 13.0 Å². The zero-order chi connectivity index (χ0) is 18.7. The van der Waals surface area contributed by atoms with Gasteiger partial charge in [-0.25, -0.2) is 4.79 Å². The predicted octanol–water partition coefficient (Wildman–Crippen LogP) is 2.33. The lowest BCUT2D eigenvalue weighted by molar-refractivity contribution is -0.119. The highest BCUT2D eigenvalue weighted by atomic mass is 16.4. The smallest absolute Gasteiger partial charge is 0.356 e. The number of carbonyl (C=O) groups excluding carboxylic acids is 1. The molecule has 134 valence electrons. The maximum Gasteiger partial charge on any atom is 0.356 e. The number of carbonyl (C=O) groups is 2. The van der Waals surface area contributed by atoms with Crippen LogP contribution in [0.4, 0.5) is 5.82 Å². The fraction of sp³-hybridized carbons (Fsp3) is 0.222. The number of hydrogen-bond donors (Lipinski definition) is 2. The van der Waals surface area contributed by atoms with Gasteiger partial charge < -0.3 is 10.4 Å². The Morgan fingerprint density at radius 3 is 2.58 bits per heavy atom. The molecule has 26 heavy (non-hydrogen) atoms. The Kier molecular flexibility index (Phi) is 4.83. The first-order valence-corrected chi connectivity index (χ1v) is 8.11. The van der Waals surface area contributed by atoms with Gasteiger partial charge in [0.05, 0.1) is 6.54 Å². The predicted molar refractivity (Wildman–Crippen MR) is 95.0 cm³/mol. The quantitative estimate of drug-likeness (QED) is 0.708. The van der Waals surface area contributed by atoms with Gasteiger partial charge in [0.1, 0.15) is 6.04 Å². The second-order valence-corrected chi connectivity index (χ2v) is 5.97. The first-order valence-electron chi connectivity index (χ1n) is 8.11. The summed E-state index contributed by atoms with van der Waals surface area (Å²) in [6.07, 6.45) is 1.47. The molecule has 0 fully saturated rings. The Morgan fingerprint density at radius 2 is 1.92 bits per heavy atom. The molecule has 8 nitrogen and oxygen atoms in total. The zero-order valence-corrected chi connectivity index (χ0v) is 14.5. The van der Waals surface area contributed by atoms with Crippen LogP contribution >= 0.6 is 0 Å². The molecule has 0 radical (unpaired) electrons. The van der Waals surface area contributed by atoms with Crippen LogP contribution in [0.1, 0.15) is 34.7 Å². The lowest BCUT2D eigenvalue weighted by atomic mass is 10.2. The van der Waals surface area contributed by atoms with Crippen molar-refractivity contribution in [3.8, 4) is 0 Å². The highest BCUT2D eigenvalue weighted by Crippen LogP contribution is 2.14. The van der Waals surface area contributed by atoms with E-state index in [9.17, 15) is 9.59 Å². The molecular weight excluding hydrogens is 334 g/mol.